The summed E-state index contributed by atoms with van der Waals surface area (Å²) in [5, 5.41) is 1.98. The van der Waals surface area contributed by atoms with Gasteiger partial charge in [0.05, 0.1) is 24.8 Å². The fourth-order valence-corrected chi connectivity index (χ4v) is 4.27. The molecule has 1 saturated heterocycles. The number of nitrogens with zero attached hydrogens (tertiary/aromatic N) is 1. The second kappa shape index (κ2) is 6.15. The van der Waals surface area contributed by atoms with Crippen LogP contribution in [0.25, 0.3) is 0 Å². The van der Waals surface area contributed by atoms with E-state index in [2.05, 4.69) is 0 Å². The Bertz CT molecular complexity index is 555. The van der Waals surface area contributed by atoms with Gasteiger partial charge in [0.25, 0.3) is 5.91 Å². The van der Waals surface area contributed by atoms with E-state index in [1.165, 1.54) is 16.9 Å². The lowest BCUT2D eigenvalue weighted by molar-refractivity contribution is -0.120. The molecular formula is C15H20N2O3S. The Labute approximate surface area is 128 Å². The number of rotatable bonds is 3. The van der Waals surface area contributed by atoms with Crippen LogP contribution in [-0.2, 0) is 22.4 Å². The number of nitrogens with two attached hydrogens (primary N) is 1. The number of carbonyl (C=O) groups is 2. The first-order valence-electron chi connectivity index (χ1n) is 7.43. The van der Waals surface area contributed by atoms with Crippen LogP contribution >= 0.6 is 11.3 Å². The highest BCUT2D eigenvalue weighted by molar-refractivity contribution is 7.10. The minimum atomic E-state index is -0.393. The predicted octanol–water partition coefficient (Wildman–Crippen LogP) is 1.34. The summed E-state index contributed by atoms with van der Waals surface area (Å²) in [6.45, 7) is 1.44. The molecule has 2 amide bonds. The molecule has 1 aromatic rings. The second-order valence-corrected chi connectivity index (χ2v) is 6.62. The Morgan fingerprint density at radius 1 is 1.38 bits per heavy atom. The number of carbonyl (C=O) groups excluding carboxylic acids is 2. The molecule has 1 aliphatic carbocycles. The van der Waals surface area contributed by atoms with Gasteiger partial charge < -0.3 is 15.4 Å². The molecule has 21 heavy (non-hydrogen) atoms. The Morgan fingerprint density at radius 2 is 2.19 bits per heavy atom. The lowest BCUT2D eigenvalue weighted by Crippen LogP contribution is -2.50. The highest BCUT2D eigenvalue weighted by atomic mass is 32.1. The predicted molar refractivity (Wildman–Crippen MR) is 80.4 cm³/mol. The lowest BCUT2D eigenvalue weighted by atomic mass is 9.95. The number of aryl methyl sites for hydroxylation is 1. The number of thiophene rings is 1. The third-order valence-electron chi connectivity index (χ3n) is 4.22. The highest BCUT2D eigenvalue weighted by Gasteiger charge is 2.31. The van der Waals surface area contributed by atoms with Crippen molar-refractivity contribution in [1.29, 1.82) is 0 Å². The van der Waals surface area contributed by atoms with Crippen LogP contribution in [0, 0.1) is 0 Å². The number of fused-ring (bicyclic) bond motifs is 1. The van der Waals surface area contributed by atoms with E-state index in [1.807, 2.05) is 5.38 Å². The van der Waals surface area contributed by atoms with Crippen molar-refractivity contribution >= 4 is 23.2 Å². The van der Waals surface area contributed by atoms with Crippen molar-refractivity contribution in [2.24, 2.45) is 5.73 Å². The molecule has 1 fully saturated rings. The van der Waals surface area contributed by atoms with Crippen LogP contribution in [0.5, 0.6) is 0 Å². The Kier molecular flexibility index (Phi) is 4.26. The monoisotopic (exact) mass is 308 g/mol. The van der Waals surface area contributed by atoms with Crippen LogP contribution in [0.3, 0.4) is 0 Å². The van der Waals surface area contributed by atoms with E-state index in [0.29, 0.717) is 19.8 Å². The van der Waals surface area contributed by atoms with Gasteiger partial charge >= 0.3 is 0 Å². The molecule has 6 heteroatoms. The smallest absolute Gasteiger partial charge is 0.255 e. The van der Waals surface area contributed by atoms with Crippen molar-refractivity contribution < 1.29 is 14.3 Å². The highest BCUT2D eigenvalue weighted by Crippen LogP contribution is 2.31. The molecule has 2 N–H and O–H groups in total. The van der Waals surface area contributed by atoms with E-state index in [1.54, 1.807) is 16.2 Å². The zero-order chi connectivity index (χ0) is 14.8. The van der Waals surface area contributed by atoms with Gasteiger partial charge in [0.2, 0.25) is 5.91 Å². The SMILES string of the molecule is NC(=O)C[C@H]1COCCN1C(=O)c1csc2c1CCCC2. The topological polar surface area (TPSA) is 72.6 Å². The molecular weight excluding hydrogens is 288 g/mol. The Morgan fingerprint density at radius 3 is 3.00 bits per heavy atom. The quantitative estimate of drug-likeness (QED) is 0.916. The molecule has 0 aromatic carbocycles. The number of hydrogen-bond acceptors (Lipinski definition) is 4. The van der Waals surface area contributed by atoms with Gasteiger partial charge in [0.1, 0.15) is 0 Å². The van der Waals surface area contributed by atoms with Gasteiger partial charge in [-0.3, -0.25) is 9.59 Å². The van der Waals surface area contributed by atoms with Crippen LogP contribution in [-0.4, -0.2) is 42.5 Å². The summed E-state index contributed by atoms with van der Waals surface area (Å²) >= 11 is 1.69. The van der Waals surface area contributed by atoms with Gasteiger partial charge in [0, 0.05) is 23.2 Å². The van der Waals surface area contributed by atoms with Crippen LogP contribution < -0.4 is 5.73 Å². The molecule has 0 saturated carbocycles. The third kappa shape index (κ3) is 2.96. The first-order chi connectivity index (χ1) is 10.2. The van der Waals surface area contributed by atoms with E-state index < -0.39 is 5.91 Å². The molecule has 5 nitrogen and oxygen atoms in total. The zero-order valence-electron chi connectivity index (χ0n) is 12.0. The summed E-state index contributed by atoms with van der Waals surface area (Å²) in [4.78, 5) is 27.2. The number of ether oxygens (including phenoxy) is 1. The van der Waals surface area contributed by atoms with Gasteiger partial charge in [-0.2, -0.15) is 0 Å². The number of amides is 2. The normalized spacial score (nSPS) is 21.9. The molecule has 3 rings (SSSR count). The van der Waals surface area contributed by atoms with E-state index >= 15 is 0 Å². The van der Waals surface area contributed by atoms with E-state index in [-0.39, 0.29) is 18.4 Å². The lowest BCUT2D eigenvalue weighted by Gasteiger charge is -2.35. The van der Waals surface area contributed by atoms with Crippen LogP contribution in [0.4, 0.5) is 0 Å². The molecule has 2 heterocycles. The first-order valence-corrected chi connectivity index (χ1v) is 8.31. The van der Waals surface area contributed by atoms with Gasteiger partial charge in [-0.15, -0.1) is 11.3 Å². The molecule has 0 radical (unpaired) electrons. The van der Waals surface area contributed by atoms with Gasteiger partial charge in [0.15, 0.2) is 0 Å². The number of morpholine rings is 1. The largest absolute Gasteiger partial charge is 0.377 e. The van der Waals surface area contributed by atoms with E-state index in [9.17, 15) is 9.59 Å². The van der Waals surface area contributed by atoms with E-state index in [0.717, 1.165) is 24.8 Å². The Hall–Kier alpha value is -1.40. The van der Waals surface area contributed by atoms with Crippen molar-refractivity contribution in [3.63, 3.8) is 0 Å². The average Bonchev–Trinajstić information content (AvgIpc) is 2.90. The minimum Gasteiger partial charge on any atom is -0.377 e. The molecule has 2 aliphatic rings. The molecule has 1 aliphatic heterocycles. The molecule has 1 aromatic heterocycles. The first kappa shape index (κ1) is 14.5. The maximum Gasteiger partial charge on any atom is 0.255 e. The minimum absolute atomic E-state index is 0.0314. The van der Waals surface area contributed by atoms with Crippen molar-refractivity contribution in [2.75, 3.05) is 19.8 Å². The molecule has 114 valence electrons. The molecule has 1 atom stereocenters. The van der Waals surface area contributed by atoms with E-state index in [4.69, 9.17) is 10.5 Å². The van der Waals surface area contributed by atoms with Gasteiger partial charge in [-0.25, -0.2) is 0 Å². The molecule has 0 bridgehead atoms. The summed E-state index contributed by atoms with van der Waals surface area (Å²) in [7, 11) is 0. The van der Waals surface area contributed by atoms with Crippen molar-refractivity contribution in [3.05, 3.63) is 21.4 Å². The molecule has 0 unspecified atom stereocenters. The average molecular weight is 308 g/mol. The molecule has 0 spiro atoms. The summed E-state index contributed by atoms with van der Waals surface area (Å²) in [5.41, 5.74) is 7.33. The summed E-state index contributed by atoms with van der Waals surface area (Å²) in [6.07, 6.45) is 4.60. The maximum atomic E-state index is 12.8. The summed E-state index contributed by atoms with van der Waals surface area (Å²) in [6, 6.07) is -0.233. The third-order valence-corrected chi connectivity index (χ3v) is 5.31. The van der Waals surface area contributed by atoms with Crippen molar-refractivity contribution in [2.45, 2.75) is 38.1 Å². The number of primary amides is 1. The van der Waals surface area contributed by atoms with Crippen molar-refractivity contribution in [3.8, 4) is 0 Å². The van der Waals surface area contributed by atoms with Crippen LogP contribution in [0.15, 0.2) is 5.38 Å². The fraction of sp³-hybridized carbons (Fsp3) is 0.600. The zero-order valence-corrected chi connectivity index (χ0v) is 12.8. The summed E-state index contributed by atoms with van der Waals surface area (Å²) in [5.74, 6) is -0.361. The van der Waals surface area contributed by atoms with Crippen LogP contribution in [0.2, 0.25) is 0 Å². The maximum absolute atomic E-state index is 12.8. The van der Waals surface area contributed by atoms with Crippen molar-refractivity contribution in [1.82, 2.24) is 4.90 Å². The fourth-order valence-electron chi connectivity index (χ4n) is 3.15. The van der Waals surface area contributed by atoms with Gasteiger partial charge in [-0.1, -0.05) is 0 Å². The van der Waals surface area contributed by atoms with Crippen LogP contribution in [0.1, 0.15) is 40.1 Å². The van der Waals surface area contributed by atoms with Gasteiger partial charge in [-0.05, 0) is 31.2 Å². The summed E-state index contributed by atoms with van der Waals surface area (Å²) < 4.78 is 5.39. The number of hydrogen-bond donors (Lipinski definition) is 1. The second-order valence-electron chi connectivity index (χ2n) is 5.66. The standard InChI is InChI=1S/C15H20N2O3S/c16-14(18)7-10-8-20-6-5-17(10)15(19)12-9-21-13-4-2-1-3-11(12)13/h9-10H,1-8H2,(H2,16,18)/t10-/m0/s1. The Balaban J connectivity index is 1.82.